The molecule has 0 radical (unpaired) electrons. The Hall–Kier alpha value is -2.07. The van der Waals surface area contributed by atoms with Gasteiger partial charge in [-0.05, 0) is 69.3 Å². The zero-order valence-electron chi connectivity index (χ0n) is 13.8. The fourth-order valence-corrected chi connectivity index (χ4v) is 2.43. The van der Waals surface area contributed by atoms with E-state index in [4.69, 9.17) is 5.73 Å². The minimum absolute atomic E-state index is 0.606. The van der Waals surface area contributed by atoms with E-state index in [9.17, 15) is 0 Å². The first-order valence-corrected chi connectivity index (χ1v) is 7.73. The van der Waals surface area contributed by atoms with Crippen LogP contribution in [0, 0.1) is 6.92 Å². The molecule has 0 atom stereocenters. The monoisotopic (exact) mass is 298 g/mol. The van der Waals surface area contributed by atoms with Gasteiger partial charge >= 0.3 is 0 Å². The number of hydrogen-bond donors (Lipinski definition) is 2. The van der Waals surface area contributed by atoms with Gasteiger partial charge < -0.3 is 16.0 Å². The number of hydrogen-bond acceptors (Lipinski definition) is 4. The highest BCUT2D eigenvalue weighted by atomic mass is 15.1. The van der Waals surface area contributed by atoms with Crippen molar-refractivity contribution < 1.29 is 0 Å². The number of nitrogens with zero attached hydrogens (tertiary/aromatic N) is 2. The van der Waals surface area contributed by atoms with Crippen LogP contribution in [-0.2, 0) is 12.8 Å². The Kier molecular flexibility index (Phi) is 5.78. The van der Waals surface area contributed by atoms with Gasteiger partial charge in [0.2, 0.25) is 0 Å². The maximum Gasteiger partial charge on any atom is 0.123 e. The molecule has 1 heterocycles. The molecule has 2 aromatic rings. The van der Waals surface area contributed by atoms with Gasteiger partial charge in [-0.15, -0.1) is 0 Å². The number of pyridine rings is 1. The van der Waals surface area contributed by atoms with E-state index in [2.05, 4.69) is 66.6 Å². The largest absolute Gasteiger partial charge is 0.384 e. The standard InChI is InChI=1S/C18H26N4/c1-14-11-17(21-18(19)12-14)8-7-15-5-4-6-16(13-15)20-9-10-22(2)3/h4-6,11-13,20H,7-10H2,1-3H3,(H2,19,21). The van der Waals surface area contributed by atoms with Crippen LogP contribution in [-0.4, -0.2) is 37.1 Å². The van der Waals surface area contributed by atoms with E-state index >= 15 is 0 Å². The van der Waals surface area contributed by atoms with E-state index in [0.29, 0.717) is 5.82 Å². The molecule has 2 rings (SSSR count). The van der Waals surface area contributed by atoms with Crippen molar-refractivity contribution in [2.75, 3.05) is 38.2 Å². The number of benzene rings is 1. The summed E-state index contributed by atoms with van der Waals surface area (Å²) in [7, 11) is 4.16. The van der Waals surface area contributed by atoms with Gasteiger partial charge in [-0.1, -0.05) is 12.1 Å². The third kappa shape index (κ3) is 5.37. The van der Waals surface area contributed by atoms with Crippen molar-refractivity contribution in [1.82, 2.24) is 9.88 Å². The average Bonchev–Trinajstić information content (AvgIpc) is 2.44. The molecule has 0 aliphatic rings. The summed E-state index contributed by atoms with van der Waals surface area (Å²) in [6.45, 7) is 4.03. The van der Waals surface area contributed by atoms with Crippen molar-refractivity contribution in [2.45, 2.75) is 19.8 Å². The maximum atomic E-state index is 5.81. The normalized spacial score (nSPS) is 10.9. The number of rotatable bonds is 7. The molecular weight excluding hydrogens is 272 g/mol. The molecule has 0 saturated carbocycles. The zero-order valence-corrected chi connectivity index (χ0v) is 13.8. The quantitative estimate of drug-likeness (QED) is 0.825. The molecule has 118 valence electrons. The number of nitrogens with two attached hydrogens (primary N) is 1. The first-order valence-electron chi connectivity index (χ1n) is 7.73. The van der Waals surface area contributed by atoms with Gasteiger partial charge in [0.05, 0.1) is 0 Å². The summed E-state index contributed by atoms with van der Waals surface area (Å²) < 4.78 is 0. The Morgan fingerprint density at radius 2 is 1.95 bits per heavy atom. The first-order chi connectivity index (χ1) is 10.5. The molecule has 0 aliphatic carbocycles. The second-order valence-electron chi connectivity index (χ2n) is 5.99. The minimum atomic E-state index is 0.606. The molecule has 0 saturated heterocycles. The van der Waals surface area contributed by atoms with Crippen molar-refractivity contribution in [3.8, 4) is 0 Å². The topological polar surface area (TPSA) is 54.2 Å². The summed E-state index contributed by atoms with van der Waals surface area (Å²) in [4.78, 5) is 6.57. The lowest BCUT2D eigenvalue weighted by atomic mass is 10.1. The van der Waals surface area contributed by atoms with Crippen LogP contribution >= 0.6 is 0 Å². The van der Waals surface area contributed by atoms with Gasteiger partial charge in [0.15, 0.2) is 0 Å². The Balaban J connectivity index is 1.92. The predicted molar refractivity (Wildman–Crippen MR) is 94.3 cm³/mol. The van der Waals surface area contributed by atoms with Crippen LogP contribution in [0.2, 0.25) is 0 Å². The zero-order chi connectivity index (χ0) is 15.9. The molecule has 0 fully saturated rings. The molecule has 1 aromatic heterocycles. The van der Waals surface area contributed by atoms with E-state index < -0.39 is 0 Å². The molecule has 0 amide bonds. The van der Waals surface area contributed by atoms with Crippen LogP contribution in [0.25, 0.3) is 0 Å². The van der Waals surface area contributed by atoms with Crippen LogP contribution in [0.5, 0.6) is 0 Å². The van der Waals surface area contributed by atoms with Crippen molar-refractivity contribution >= 4 is 11.5 Å². The Morgan fingerprint density at radius 3 is 2.68 bits per heavy atom. The van der Waals surface area contributed by atoms with E-state index in [0.717, 1.165) is 31.6 Å². The van der Waals surface area contributed by atoms with Crippen LogP contribution in [0.15, 0.2) is 36.4 Å². The van der Waals surface area contributed by atoms with Gasteiger partial charge in [-0.3, -0.25) is 0 Å². The highest BCUT2D eigenvalue weighted by Crippen LogP contribution is 2.14. The van der Waals surface area contributed by atoms with Gasteiger partial charge in [0, 0.05) is 24.5 Å². The van der Waals surface area contributed by atoms with Crippen molar-refractivity contribution in [3.05, 3.63) is 53.2 Å². The molecular formula is C18H26N4. The van der Waals surface area contributed by atoms with Crippen molar-refractivity contribution in [1.29, 1.82) is 0 Å². The number of aryl methyl sites for hydroxylation is 3. The van der Waals surface area contributed by atoms with E-state index in [1.807, 2.05) is 6.07 Å². The van der Waals surface area contributed by atoms with Gasteiger partial charge in [-0.25, -0.2) is 4.98 Å². The number of nitrogens with one attached hydrogen (secondary N) is 1. The second kappa shape index (κ2) is 7.80. The van der Waals surface area contributed by atoms with Crippen LogP contribution in [0.1, 0.15) is 16.8 Å². The van der Waals surface area contributed by atoms with Gasteiger partial charge in [0.25, 0.3) is 0 Å². The van der Waals surface area contributed by atoms with Crippen LogP contribution in [0.3, 0.4) is 0 Å². The molecule has 4 nitrogen and oxygen atoms in total. The molecule has 0 bridgehead atoms. The summed E-state index contributed by atoms with van der Waals surface area (Å²) in [6.07, 6.45) is 1.88. The van der Waals surface area contributed by atoms with E-state index in [1.165, 1.54) is 16.8 Å². The Labute approximate surface area is 133 Å². The lowest BCUT2D eigenvalue weighted by Crippen LogP contribution is -2.20. The summed E-state index contributed by atoms with van der Waals surface area (Å²) in [5.41, 5.74) is 10.5. The minimum Gasteiger partial charge on any atom is -0.384 e. The third-order valence-electron chi connectivity index (χ3n) is 3.53. The molecule has 0 spiro atoms. The predicted octanol–water partition coefficient (Wildman–Crippen LogP) is 2.73. The fourth-order valence-electron chi connectivity index (χ4n) is 2.43. The molecule has 3 N–H and O–H groups in total. The molecule has 22 heavy (non-hydrogen) atoms. The van der Waals surface area contributed by atoms with E-state index in [1.54, 1.807) is 0 Å². The van der Waals surface area contributed by atoms with Gasteiger partial charge in [0.1, 0.15) is 5.82 Å². The lowest BCUT2D eigenvalue weighted by Gasteiger charge is -2.12. The average molecular weight is 298 g/mol. The van der Waals surface area contributed by atoms with Crippen LogP contribution in [0.4, 0.5) is 11.5 Å². The maximum absolute atomic E-state index is 5.81. The Morgan fingerprint density at radius 1 is 1.14 bits per heavy atom. The molecule has 1 aromatic carbocycles. The van der Waals surface area contributed by atoms with Crippen LogP contribution < -0.4 is 11.1 Å². The summed E-state index contributed by atoms with van der Waals surface area (Å²) >= 11 is 0. The van der Waals surface area contributed by atoms with Gasteiger partial charge in [-0.2, -0.15) is 0 Å². The fraction of sp³-hybridized carbons (Fsp3) is 0.389. The SMILES string of the molecule is Cc1cc(N)nc(CCc2cccc(NCCN(C)C)c2)c1. The third-order valence-corrected chi connectivity index (χ3v) is 3.53. The molecule has 4 heteroatoms. The highest BCUT2D eigenvalue weighted by molar-refractivity contribution is 5.46. The molecule has 0 aliphatic heterocycles. The number of likely N-dealkylation sites (N-methyl/N-ethyl adjacent to an activating group) is 1. The first kappa shape index (κ1) is 16.3. The summed E-state index contributed by atoms with van der Waals surface area (Å²) in [6, 6.07) is 12.6. The van der Waals surface area contributed by atoms with Crippen molar-refractivity contribution in [3.63, 3.8) is 0 Å². The summed E-state index contributed by atoms with van der Waals surface area (Å²) in [5.74, 6) is 0.606. The van der Waals surface area contributed by atoms with E-state index in [-0.39, 0.29) is 0 Å². The smallest absolute Gasteiger partial charge is 0.123 e. The number of anilines is 2. The Bertz CT molecular complexity index is 588. The molecule has 0 unspecified atom stereocenters. The highest BCUT2D eigenvalue weighted by Gasteiger charge is 2.01. The number of nitrogen functional groups attached to an aromatic ring is 1. The summed E-state index contributed by atoms with van der Waals surface area (Å²) in [5, 5.41) is 3.46. The number of aromatic nitrogens is 1. The second-order valence-corrected chi connectivity index (χ2v) is 5.99. The van der Waals surface area contributed by atoms with Crippen molar-refractivity contribution in [2.24, 2.45) is 0 Å². The lowest BCUT2D eigenvalue weighted by molar-refractivity contribution is 0.425.